The van der Waals surface area contributed by atoms with E-state index < -0.39 is 58.4 Å². The molecule has 2 amide bonds. The number of carbonyl (C=O) groups is 5. The number of benzene rings is 1. The maximum absolute atomic E-state index is 13.6. The second-order valence-electron chi connectivity index (χ2n) is 12.5. The summed E-state index contributed by atoms with van der Waals surface area (Å²) in [4.78, 5) is 65.9. The second-order valence-corrected chi connectivity index (χ2v) is 12.5. The number of hydrogen-bond acceptors (Lipinski definition) is 9. The first-order valence-electron chi connectivity index (χ1n) is 13.9. The van der Waals surface area contributed by atoms with E-state index in [2.05, 4.69) is 5.32 Å². The van der Waals surface area contributed by atoms with Gasteiger partial charge >= 0.3 is 18.0 Å². The number of piperidine rings is 1. The topological polar surface area (TPSA) is 154 Å². The van der Waals surface area contributed by atoms with Crippen LogP contribution >= 0.6 is 0 Å². The molecule has 0 bridgehead atoms. The average molecular weight is 576 g/mol. The van der Waals surface area contributed by atoms with Gasteiger partial charge in [-0.2, -0.15) is 0 Å². The predicted octanol–water partition coefficient (Wildman–Crippen LogP) is 2.92. The molecule has 1 aliphatic heterocycles. The number of amides is 2. The predicted molar refractivity (Wildman–Crippen MR) is 152 cm³/mol. The van der Waals surface area contributed by atoms with Crippen LogP contribution in [0.3, 0.4) is 0 Å². The van der Waals surface area contributed by atoms with Gasteiger partial charge in [-0.15, -0.1) is 0 Å². The van der Waals surface area contributed by atoms with Gasteiger partial charge in [0.2, 0.25) is 5.91 Å². The number of likely N-dealkylation sites (tertiary alicyclic amines) is 1. The molecule has 0 radical (unpaired) electrons. The van der Waals surface area contributed by atoms with Crippen molar-refractivity contribution in [3.8, 4) is 0 Å². The molecule has 1 aromatic rings. The van der Waals surface area contributed by atoms with Gasteiger partial charge in [0.05, 0.1) is 31.0 Å². The highest BCUT2D eigenvalue weighted by molar-refractivity contribution is 5.95. The Balaban J connectivity index is 2.17. The van der Waals surface area contributed by atoms with E-state index in [-0.39, 0.29) is 45.2 Å². The molecule has 1 aromatic carbocycles. The van der Waals surface area contributed by atoms with Gasteiger partial charge < -0.3 is 30.2 Å². The molecular formula is C30H45N3O8. The van der Waals surface area contributed by atoms with Crippen molar-refractivity contribution < 1.29 is 38.2 Å². The van der Waals surface area contributed by atoms with Gasteiger partial charge in [-0.3, -0.25) is 19.2 Å². The molecule has 228 valence electrons. The van der Waals surface area contributed by atoms with Crippen LogP contribution in [0.15, 0.2) is 30.3 Å². The monoisotopic (exact) mass is 575 g/mol. The maximum atomic E-state index is 13.6. The summed E-state index contributed by atoms with van der Waals surface area (Å²) in [6, 6.07) is 8.09. The number of ketones is 1. The molecule has 2 atom stereocenters. The van der Waals surface area contributed by atoms with Crippen LogP contribution in [0, 0.1) is 5.92 Å². The zero-order valence-corrected chi connectivity index (χ0v) is 25.3. The minimum Gasteiger partial charge on any atom is -0.469 e. The molecule has 1 fully saturated rings. The van der Waals surface area contributed by atoms with Crippen molar-refractivity contribution in [3.05, 3.63) is 35.9 Å². The molecule has 0 aromatic heterocycles. The van der Waals surface area contributed by atoms with Crippen LogP contribution in [0.5, 0.6) is 0 Å². The van der Waals surface area contributed by atoms with Gasteiger partial charge in [0.25, 0.3) is 0 Å². The Morgan fingerprint density at radius 2 is 1.49 bits per heavy atom. The lowest BCUT2D eigenvalue weighted by Gasteiger charge is -2.39. The zero-order valence-electron chi connectivity index (χ0n) is 25.3. The van der Waals surface area contributed by atoms with Gasteiger partial charge in [0.15, 0.2) is 5.78 Å². The van der Waals surface area contributed by atoms with Crippen molar-refractivity contribution in [3.63, 3.8) is 0 Å². The standard InChI is InChI=1S/C30H45N3O8/c1-28(2,3)40-24(35)19-21(25(36)39-7)18-23(34)22(17-20-11-9-8-10-12-20)32-26(37)30(31)13-15-33(16-14-30)27(38)41-29(4,5)6/h8-12,21-22H,13-19,31H2,1-7H3,(H,32,37)/t21-,22-/m0/s1. The van der Waals surface area contributed by atoms with E-state index in [4.69, 9.17) is 19.9 Å². The third kappa shape index (κ3) is 11.1. The third-order valence-electron chi connectivity index (χ3n) is 6.55. The van der Waals surface area contributed by atoms with Crippen LogP contribution in [-0.4, -0.2) is 77.6 Å². The number of esters is 2. The number of Topliss-reactive ketones (excluding diaryl/α,β-unsaturated/α-hetero) is 1. The lowest BCUT2D eigenvalue weighted by molar-refractivity contribution is -0.161. The molecule has 11 heteroatoms. The first-order valence-corrected chi connectivity index (χ1v) is 13.9. The van der Waals surface area contributed by atoms with Gasteiger partial charge in [0.1, 0.15) is 11.2 Å². The van der Waals surface area contributed by atoms with Crippen molar-refractivity contribution in [2.75, 3.05) is 20.2 Å². The quantitative estimate of drug-likeness (QED) is 0.316. The smallest absolute Gasteiger partial charge is 0.410 e. The summed E-state index contributed by atoms with van der Waals surface area (Å²) in [7, 11) is 1.18. The van der Waals surface area contributed by atoms with E-state index >= 15 is 0 Å². The fourth-order valence-corrected chi connectivity index (χ4v) is 4.41. The van der Waals surface area contributed by atoms with Crippen molar-refractivity contribution in [2.45, 2.75) is 96.4 Å². The van der Waals surface area contributed by atoms with Gasteiger partial charge in [0, 0.05) is 19.5 Å². The van der Waals surface area contributed by atoms with Gasteiger partial charge in [-0.05, 0) is 66.4 Å². The molecule has 1 heterocycles. The molecule has 1 aliphatic rings. The maximum Gasteiger partial charge on any atom is 0.410 e. The van der Waals surface area contributed by atoms with Gasteiger partial charge in [-0.25, -0.2) is 4.79 Å². The fourth-order valence-electron chi connectivity index (χ4n) is 4.41. The van der Waals surface area contributed by atoms with Gasteiger partial charge in [-0.1, -0.05) is 30.3 Å². The average Bonchev–Trinajstić information content (AvgIpc) is 2.86. The normalized spacial score (nSPS) is 16.6. The molecule has 0 aliphatic carbocycles. The highest BCUT2D eigenvalue weighted by Gasteiger charge is 2.41. The van der Waals surface area contributed by atoms with Crippen molar-refractivity contribution in [1.29, 1.82) is 0 Å². The molecular weight excluding hydrogens is 530 g/mol. The molecule has 11 nitrogen and oxygen atoms in total. The van der Waals surface area contributed by atoms with Crippen LogP contribution in [0.4, 0.5) is 4.79 Å². The Bertz CT molecular complexity index is 1080. The lowest BCUT2D eigenvalue weighted by atomic mass is 9.86. The van der Waals surface area contributed by atoms with E-state index in [9.17, 15) is 24.0 Å². The summed E-state index contributed by atoms with van der Waals surface area (Å²) in [5.41, 5.74) is 4.55. The summed E-state index contributed by atoms with van der Waals surface area (Å²) < 4.78 is 15.6. The molecule has 3 N–H and O–H groups in total. The Hall–Kier alpha value is -3.47. The number of rotatable bonds is 10. The third-order valence-corrected chi connectivity index (χ3v) is 6.55. The summed E-state index contributed by atoms with van der Waals surface area (Å²) in [6.45, 7) is 10.9. The van der Waals surface area contributed by atoms with Crippen LogP contribution in [0.1, 0.15) is 72.8 Å². The van der Waals surface area contributed by atoms with E-state index in [1.165, 1.54) is 12.0 Å². The Morgan fingerprint density at radius 1 is 0.927 bits per heavy atom. The van der Waals surface area contributed by atoms with Crippen LogP contribution in [0.25, 0.3) is 0 Å². The first-order chi connectivity index (χ1) is 18.9. The number of nitrogens with zero attached hydrogens (tertiary/aromatic N) is 1. The summed E-state index contributed by atoms with van der Waals surface area (Å²) >= 11 is 0. The highest BCUT2D eigenvalue weighted by atomic mass is 16.6. The van der Waals surface area contributed by atoms with E-state index in [1.54, 1.807) is 41.5 Å². The summed E-state index contributed by atoms with van der Waals surface area (Å²) in [5, 5.41) is 2.80. The molecule has 0 spiro atoms. The Morgan fingerprint density at radius 3 is 2.00 bits per heavy atom. The van der Waals surface area contributed by atoms with E-state index in [1.807, 2.05) is 30.3 Å². The Kier molecular flexibility index (Phi) is 11.5. The molecule has 2 rings (SSSR count). The van der Waals surface area contributed by atoms with E-state index in [0.29, 0.717) is 0 Å². The fraction of sp³-hybridized carbons (Fsp3) is 0.633. The summed E-state index contributed by atoms with van der Waals surface area (Å²) in [6.07, 6.45) is -0.653. The molecule has 0 unspecified atom stereocenters. The van der Waals surface area contributed by atoms with Crippen molar-refractivity contribution in [1.82, 2.24) is 10.2 Å². The van der Waals surface area contributed by atoms with Crippen molar-refractivity contribution in [2.24, 2.45) is 11.7 Å². The zero-order chi connectivity index (χ0) is 31.0. The first kappa shape index (κ1) is 33.7. The molecule has 1 saturated heterocycles. The number of methoxy groups -OCH3 is 1. The van der Waals surface area contributed by atoms with Crippen LogP contribution in [0.2, 0.25) is 0 Å². The number of nitrogens with two attached hydrogens (primary N) is 1. The number of nitrogens with one attached hydrogen (secondary N) is 1. The minimum atomic E-state index is -1.31. The van der Waals surface area contributed by atoms with Crippen molar-refractivity contribution >= 4 is 29.7 Å². The second kappa shape index (κ2) is 13.9. The van der Waals surface area contributed by atoms with Crippen LogP contribution in [-0.2, 0) is 39.8 Å². The number of hydrogen-bond donors (Lipinski definition) is 2. The molecule has 41 heavy (non-hydrogen) atoms. The Labute approximate surface area is 242 Å². The van der Waals surface area contributed by atoms with E-state index in [0.717, 1.165) is 5.56 Å². The van der Waals surface area contributed by atoms with Crippen LogP contribution < -0.4 is 11.1 Å². The number of ether oxygens (including phenoxy) is 3. The highest BCUT2D eigenvalue weighted by Crippen LogP contribution is 2.23. The lowest BCUT2D eigenvalue weighted by Crippen LogP contribution is -2.62. The SMILES string of the molecule is COC(=O)[C@H](CC(=O)OC(C)(C)C)CC(=O)[C@H](Cc1ccccc1)NC(=O)C1(N)CCN(C(=O)OC(C)(C)C)CC1. The minimum absolute atomic E-state index is 0.159. The summed E-state index contributed by atoms with van der Waals surface area (Å²) in [5.74, 6) is -3.42. The molecule has 0 saturated carbocycles. The largest absolute Gasteiger partial charge is 0.469 e. The number of carbonyl (C=O) groups excluding carboxylic acids is 5.